The maximum Gasteiger partial charge on any atom is 0.0995 e. The van der Waals surface area contributed by atoms with E-state index in [4.69, 9.17) is 34.8 Å². The summed E-state index contributed by atoms with van der Waals surface area (Å²) in [5.41, 5.74) is 3.25. The molecule has 1 aromatic carbocycles. The van der Waals surface area contributed by atoms with E-state index in [2.05, 4.69) is 18.3 Å². The van der Waals surface area contributed by atoms with Gasteiger partial charge in [0.15, 0.2) is 0 Å². The topological polar surface area (TPSA) is 12.0 Å². The first-order chi connectivity index (χ1) is 9.51. The van der Waals surface area contributed by atoms with Gasteiger partial charge in [-0.05, 0) is 49.2 Å². The van der Waals surface area contributed by atoms with Crippen LogP contribution in [0.2, 0.25) is 13.7 Å². The van der Waals surface area contributed by atoms with Gasteiger partial charge in [0, 0.05) is 10.6 Å². The van der Waals surface area contributed by atoms with Crippen LogP contribution >= 0.6 is 46.1 Å². The first-order valence-corrected chi connectivity index (χ1v) is 8.41. The van der Waals surface area contributed by atoms with E-state index in [1.54, 1.807) is 0 Å². The van der Waals surface area contributed by atoms with E-state index >= 15 is 0 Å². The standard InChI is InChI=1S/C15H16Cl3NS/c1-3-4-19-14(12-8-13(17)20-15(12)18)10-5-9(2)6-11(16)7-10/h5-8,14,19H,3-4H2,1-2H3. The molecule has 0 radical (unpaired) electrons. The minimum Gasteiger partial charge on any atom is -0.306 e. The van der Waals surface area contributed by atoms with Gasteiger partial charge < -0.3 is 5.32 Å². The molecule has 1 atom stereocenters. The number of hydrogen-bond donors (Lipinski definition) is 1. The molecule has 20 heavy (non-hydrogen) atoms. The fourth-order valence-corrected chi connectivity index (χ4v) is 4.01. The maximum atomic E-state index is 6.31. The zero-order chi connectivity index (χ0) is 14.7. The number of aryl methyl sites for hydroxylation is 1. The minimum absolute atomic E-state index is 0.0172. The van der Waals surface area contributed by atoms with Gasteiger partial charge in [-0.1, -0.05) is 47.8 Å². The number of halogens is 3. The Morgan fingerprint density at radius 2 is 1.90 bits per heavy atom. The van der Waals surface area contributed by atoms with Crippen molar-refractivity contribution in [1.82, 2.24) is 5.32 Å². The van der Waals surface area contributed by atoms with Crippen LogP contribution in [0.4, 0.5) is 0 Å². The van der Waals surface area contributed by atoms with Gasteiger partial charge in [-0.25, -0.2) is 0 Å². The minimum atomic E-state index is 0.0172. The Labute approximate surface area is 138 Å². The Morgan fingerprint density at radius 1 is 1.15 bits per heavy atom. The first kappa shape index (κ1) is 16.1. The van der Waals surface area contributed by atoms with Gasteiger partial charge in [0.05, 0.1) is 14.7 Å². The molecule has 2 aromatic rings. The second-order valence-corrected chi connectivity index (χ2v) is 7.45. The van der Waals surface area contributed by atoms with Crippen LogP contribution in [-0.2, 0) is 0 Å². The second kappa shape index (κ2) is 7.15. The second-order valence-electron chi connectivity index (χ2n) is 4.73. The van der Waals surface area contributed by atoms with Gasteiger partial charge in [-0.2, -0.15) is 0 Å². The van der Waals surface area contributed by atoms with E-state index in [1.807, 2.05) is 25.1 Å². The molecule has 0 aliphatic carbocycles. The highest BCUT2D eigenvalue weighted by molar-refractivity contribution is 7.20. The van der Waals surface area contributed by atoms with Crippen molar-refractivity contribution in [2.24, 2.45) is 0 Å². The summed E-state index contributed by atoms with van der Waals surface area (Å²) in [7, 11) is 0. The third kappa shape index (κ3) is 3.90. The van der Waals surface area contributed by atoms with Crippen LogP contribution < -0.4 is 5.32 Å². The van der Waals surface area contributed by atoms with Gasteiger partial charge in [0.2, 0.25) is 0 Å². The van der Waals surface area contributed by atoms with Crippen LogP contribution in [-0.4, -0.2) is 6.54 Å². The molecular formula is C15H16Cl3NS. The van der Waals surface area contributed by atoms with E-state index < -0.39 is 0 Å². The summed E-state index contributed by atoms with van der Waals surface area (Å²) < 4.78 is 1.42. The molecule has 1 N–H and O–H groups in total. The summed E-state index contributed by atoms with van der Waals surface area (Å²) in [4.78, 5) is 0. The van der Waals surface area contributed by atoms with Crippen LogP contribution in [0.5, 0.6) is 0 Å². The van der Waals surface area contributed by atoms with Gasteiger partial charge in [-0.15, -0.1) is 11.3 Å². The first-order valence-electron chi connectivity index (χ1n) is 6.46. The highest BCUT2D eigenvalue weighted by atomic mass is 35.5. The fourth-order valence-electron chi connectivity index (χ4n) is 2.18. The number of hydrogen-bond acceptors (Lipinski definition) is 2. The molecule has 1 nitrogen and oxygen atoms in total. The molecule has 0 amide bonds. The van der Waals surface area contributed by atoms with Crippen molar-refractivity contribution in [3.63, 3.8) is 0 Å². The lowest BCUT2D eigenvalue weighted by molar-refractivity contribution is 0.600. The predicted octanol–water partition coefficient (Wildman–Crippen LogP) is 6.11. The Bertz CT molecular complexity index is 575. The van der Waals surface area contributed by atoms with Crippen LogP contribution in [0.25, 0.3) is 0 Å². The van der Waals surface area contributed by atoms with Crippen molar-refractivity contribution in [3.05, 3.63) is 54.7 Å². The molecule has 108 valence electrons. The third-order valence-electron chi connectivity index (χ3n) is 2.99. The molecule has 2 rings (SSSR count). The average molecular weight is 349 g/mol. The van der Waals surface area contributed by atoms with Crippen molar-refractivity contribution < 1.29 is 0 Å². The molecule has 0 spiro atoms. The van der Waals surface area contributed by atoms with Gasteiger partial charge >= 0.3 is 0 Å². The molecule has 0 bridgehead atoms. The quantitative estimate of drug-likeness (QED) is 0.687. The molecule has 1 aromatic heterocycles. The normalized spacial score (nSPS) is 12.7. The zero-order valence-corrected chi connectivity index (χ0v) is 14.4. The molecule has 0 aliphatic heterocycles. The number of rotatable bonds is 5. The average Bonchev–Trinajstić information content (AvgIpc) is 2.68. The lowest BCUT2D eigenvalue weighted by atomic mass is 9.99. The fraction of sp³-hybridized carbons (Fsp3) is 0.333. The molecule has 0 aliphatic rings. The van der Waals surface area contributed by atoms with Crippen LogP contribution in [0, 0.1) is 6.92 Å². The number of nitrogens with one attached hydrogen (secondary N) is 1. The Hall–Kier alpha value is -0.250. The highest BCUT2D eigenvalue weighted by Gasteiger charge is 2.19. The highest BCUT2D eigenvalue weighted by Crippen LogP contribution is 2.38. The van der Waals surface area contributed by atoms with E-state index in [0.717, 1.165) is 39.0 Å². The molecule has 5 heteroatoms. The van der Waals surface area contributed by atoms with Crippen molar-refractivity contribution in [1.29, 1.82) is 0 Å². The smallest absolute Gasteiger partial charge is 0.0995 e. The predicted molar refractivity (Wildman–Crippen MR) is 90.7 cm³/mol. The molecule has 1 heterocycles. The summed E-state index contributed by atoms with van der Waals surface area (Å²) >= 11 is 20.0. The lowest BCUT2D eigenvalue weighted by Gasteiger charge is -2.19. The summed E-state index contributed by atoms with van der Waals surface area (Å²) in [6.07, 6.45) is 1.05. The Kier molecular flexibility index (Phi) is 5.76. The van der Waals surface area contributed by atoms with Gasteiger partial charge in [0.25, 0.3) is 0 Å². The summed E-state index contributed by atoms with van der Waals surface area (Å²) in [6, 6.07) is 8.00. The Morgan fingerprint density at radius 3 is 2.45 bits per heavy atom. The number of benzene rings is 1. The van der Waals surface area contributed by atoms with Crippen molar-refractivity contribution >= 4 is 46.1 Å². The van der Waals surface area contributed by atoms with E-state index in [0.29, 0.717) is 4.34 Å². The van der Waals surface area contributed by atoms with Gasteiger partial charge in [0.1, 0.15) is 0 Å². The van der Waals surface area contributed by atoms with E-state index in [1.165, 1.54) is 11.3 Å². The van der Waals surface area contributed by atoms with Crippen LogP contribution in [0.3, 0.4) is 0 Å². The van der Waals surface area contributed by atoms with E-state index in [-0.39, 0.29) is 6.04 Å². The van der Waals surface area contributed by atoms with Crippen molar-refractivity contribution in [3.8, 4) is 0 Å². The molecule has 0 saturated carbocycles. The van der Waals surface area contributed by atoms with E-state index in [9.17, 15) is 0 Å². The summed E-state index contributed by atoms with van der Waals surface area (Å²) in [6.45, 7) is 5.07. The monoisotopic (exact) mass is 347 g/mol. The largest absolute Gasteiger partial charge is 0.306 e. The molecule has 0 saturated heterocycles. The van der Waals surface area contributed by atoms with Crippen LogP contribution in [0.15, 0.2) is 24.3 Å². The molecular weight excluding hydrogens is 333 g/mol. The third-order valence-corrected chi connectivity index (χ3v) is 4.73. The zero-order valence-electron chi connectivity index (χ0n) is 11.3. The van der Waals surface area contributed by atoms with Crippen LogP contribution in [0.1, 0.15) is 36.1 Å². The van der Waals surface area contributed by atoms with Crippen molar-refractivity contribution in [2.45, 2.75) is 26.3 Å². The molecule has 1 unspecified atom stereocenters. The maximum absolute atomic E-state index is 6.31. The summed E-state index contributed by atoms with van der Waals surface area (Å²) in [5, 5.41) is 4.25. The SMILES string of the molecule is CCCNC(c1cc(C)cc(Cl)c1)c1cc(Cl)sc1Cl. The number of thiophene rings is 1. The van der Waals surface area contributed by atoms with Crippen molar-refractivity contribution in [2.75, 3.05) is 6.54 Å². The lowest BCUT2D eigenvalue weighted by Crippen LogP contribution is -2.23. The molecule has 0 fully saturated rings. The van der Waals surface area contributed by atoms with Gasteiger partial charge in [-0.3, -0.25) is 0 Å². The Balaban J connectivity index is 2.43. The summed E-state index contributed by atoms with van der Waals surface area (Å²) in [5.74, 6) is 0.